The van der Waals surface area contributed by atoms with Gasteiger partial charge in [0, 0.05) is 6.42 Å². The number of rotatable bonds is 4. The molecule has 1 heterocycles. The van der Waals surface area contributed by atoms with Crippen molar-refractivity contribution < 1.29 is 13.9 Å². The molecule has 0 aromatic carbocycles. The minimum atomic E-state index is -0.432. The highest BCUT2D eigenvalue weighted by Crippen LogP contribution is 2.47. The van der Waals surface area contributed by atoms with Gasteiger partial charge in [-0.05, 0) is 36.9 Å². The monoisotopic (exact) mass is 209 g/mol. The molecule has 0 bridgehead atoms. The molecule has 2 N–H and O–H groups in total. The first-order valence-electron chi connectivity index (χ1n) is 5.06. The van der Waals surface area contributed by atoms with Crippen molar-refractivity contribution in [3.63, 3.8) is 0 Å². The number of hydrogen-bond acceptors (Lipinski definition) is 4. The topological polar surface area (TPSA) is 65.5 Å². The highest BCUT2D eigenvalue weighted by molar-refractivity contribution is 5.86. The Kier molecular flexibility index (Phi) is 2.52. The van der Waals surface area contributed by atoms with E-state index in [2.05, 4.69) is 4.74 Å². The van der Waals surface area contributed by atoms with Gasteiger partial charge in [-0.25, -0.2) is 4.79 Å². The number of furan rings is 1. The predicted octanol–water partition coefficient (Wildman–Crippen LogP) is 1.35. The molecule has 0 spiro atoms. The molecule has 0 saturated heterocycles. The molecular formula is C11H15NO3. The Hall–Kier alpha value is -1.29. The van der Waals surface area contributed by atoms with E-state index < -0.39 is 5.97 Å². The van der Waals surface area contributed by atoms with Crippen molar-refractivity contribution in [2.24, 2.45) is 11.1 Å². The third kappa shape index (κ3) is 2.04. The lowest BCUT2D eigenvalue weighted by Gasteiger charge is -2.08. The molecule has 1 aromatic heterocycles. The maximum Gasteiger partial charge on any atom is 0.373 e. The Bertz CT molecular complexity index is 366. The number of carbonyl (C=O) groups excluding carboxylic acids is 1. The third-order valence-electron chi connectivity index (χ3n) is 2.99. The van der Waals surface area contributed by atoms with Gasteiger partial charge in [-0.1, -0.05) is 0 Å². The summed E-state index contributed by atoms with van der Waals surface area (Å²) in [6.45, 7) is 0.682. The molecule has 1 fully saturated rings. The molecule has 0 amide bonds. The average Bonchev–Trinajstić information content (AvgIpc) is 2.87. The maximum atomic E-state index is 11.1. The van der Waals surface area contributed by atoms with Gasteiger partial charge in [-0.3, -0.25) is 0 Å². The van der Waals surface area contributed by atoms with E-state index in [1.54, 1.807) is 6.07 Å². The Morgan fingerprint density at radius 2 is 2.33 bits per heavy atom. The molecule has 0 atom stereocenters. The fraction of sp³-hybridized carbons (Fsp3) is 0.545. The second-order valence-electron chi connectivity index (χ2n) is 4.14. The molecule has 4 heteroatoms. The largest absolute Gasteiger partial charge is 0.463 e. The minimum absolute atomic E-state index is 0.227. The first-order chi connectivity index (χ1) is 7.19. The first kappa shape index (κ1) is 10.2. The van der Waals surface area contributed by atoms with E-state index in [0.29, 0.717) is 6.54 Å². The van der Waals surface area contributed by atoms with E-state index in [-0.39, 0.29) is 11.2 Å². The van der Waals surface area contributed by atoms with Crippen LogP contribution in [0.4, 0.5) is 0 Å². The SMILES string of the molecule is COC(=O)c1ccc(CC2(CN)CC2)o1. The summed E-state index contributed by atoms with van der Waals surface area (Å²) in [6.07, 6.45) is 3.12. The Morgan fingerprint density at radius 1 is 1.60 bits per heavy atom. The van der Waals surface area contributed by atoms with Gasteiger partial charge in [0.1, 0.15) is 5.76 Å². The summed E-state index contributed by atoms with van der Waals surface area (Å²) in [7, 11) is 1.34. The van der Waals surface area contributed by atoms with Gasteiger partial charge in [0.05, 0.1) is 7.11 Å². The van der Waals surface area contributed by atoms with Gasteiger partial charge >= 0.3 is 5.97 Å². The number of nitrogens with two attached hydrogens (primary N) is 1. The summed E-state index contributed by atoms with van der Waals surface area (Å²) >= 11 is 0. The van der Waals surface area contributed by atoms with E-state index in [4.69, 9.17) is 10.2 Å². The van der Waals surface area contributed by atoms with Crippen LogP contribution in [0.15, 0.2) is 16.5 Å². The Morgan fingerprint density at radius 3 is 2.87 bits per heavy atom. The summed E-state index contributed by atoms with van der Waals surface area (Å²) in [5.41, 5.74) is 5.90. The summed E-state index contributed by atoms with van der Waals surface area (Å²) in [5, 5.41) is 0. The smallest absolute Gasteiger partial charge is 0.373 e. The van der Waals surface area contributed by atoms with Gasteiger partial charge in [-0.15, -0.1) is 0 Å². The average molecular weight is 209 g/mol. The van der Waals surface area contributed by atoms with Crippen molar-refractivity contribution in [3.05, 3.63) is 23.7 Å². The van der Waals surface area contributed by atoms with Gasteiger partial charge in [0.25, 0.3) is 0 Å². The van der Waals surface area contributed by atoms with E-state index in [1.807, 2.05) is 6.07 Å². The van der Waals surface area contributed by atoms with Crippen LogP contribution in [0.25, 0.3) is 0 Å². The van der Waals surface area contributed by atoms with Crippen molar-refractivity contribution in [1.82, 2.24) is 0 Å². The fourth-order valence-electron chi connectivity index (χ4n) is 1.68. The predicted molar refractivity (Wildman–Crippen MR) is 54.5 cm³/mol. The lowest BCUT2D eigenvalue weighted by atomic mass is 10.0. The zero-order valence-electron chi connectivity index (χ0n) is 8.79. The second-order valence-corrected chi connectivity index (χ2v) is 4.14. The highest BCUT2D eigenvalue weighted by atomic mass is 16.5. The first-order valence-corrected chi connectivity index (χ1v) is 5.06. The van der Waals surface area contributed by atoms with Crippen LogP contribution in [0.2, 0.25) is 0 Å². The highest BCUT2D eigenvalue weighted by Gasteiger charge is 2.41. The van der Waals surface area contributed by atoms with Crippen LogP contribution in [0.3, 0.4) is 0 Å². The Balaban J connectivity index is 2.04. The molecule has 82 valence electrons. The molecule has 0 radical (unpaired) electrons. The van der Waals surface area contributed by atoms with Crippen LogP contribution in [0.1, 0.15) is 29.2 Å². The lowest BCUT2D eigenvalue weighted by molar-refractivity contribution is 0.0562. The molecule has 4 nitrogen and oxygen atoms in total. The molecular weight excluding hydrogens is 194 g/mol. The van der Waals surface area contributed by atoms with Gasteiger partial charge in [0.2, 0.25) is 5.76 Å². The lowest BCUT2D eigenvalue weighted by Crippen LogP contribution is -2.17. The van der Waals surface area contributed by atoms with Gasteiger partial charge in [-0.2, -0.15) is 0 Å². The van der Waals surface area contributed by atoms with Crippen molar-refractivity contribution in [1.29, 1.82) is 0 Å². The summed E-state index contributed by atoms with van der Waals surface area (Å²) in [4.78, 5) is 11.1. The van der Waals surface area contributed by atoms with Crippen molar-refractivity contribution in [2.75, 3.05) is 13.7 Å². The summed E-state index contributed by atoms with van der Waals surface area (Å²) in [5.74, 6) is 0.650. The van der Waals surface area contributed by atoms with Gasteiger partial charge < -0.3 is 14.9 Å². The van der Waals surface area contributed by atoms with Crippen LogP contribution in [-0.2, 0) is 11.2 Å². The van der Waals surface area contributed by atoms with Crippen molar-refractivity contribution in [2.45, 2.75) is 19.3 Å². The normalized spacial score (nSPS) is 17.5. The number of methoxy groups -OCH3 is 1. The summed E-state index contributed by atoms with van der Waals surface area (Å²) in [6, 6.07) is 3.47. The number of ether oxygens (including phenoxy) is 1. The number of hydrogen-bond donors (Lipinski definition) is 1. The van der Waals surface area contributed by atoms with Crippen molar-refractivity contribution in [3.8, 4) is 0 Å². The van der Waals surface area contributed by atoms with Crippen LogP contribution in [-0.4, -0.2) is 19.6 Å². The number of esters is 1. The zero-order chi connectivity index (χ0) is 10.9. The molecule has 1 aromatic rings. The minimum Gasteiger partial charge on any atom is -0.463 e. The molecule has 2 rings (SSSR count). The van der Waals surface area contributed by atoms with E-state index in [1.165, 1.54) is 7.11 Å². The molecule has 15 heavy (non-hydrogen) atoms. The molecule has 0 aliphatic heterocycles. The molecule has 0 unspecified atom stereocenters. The zero-order valence-corrected chi connectivity index (χ0v) is 8.79. The van der Waals surface area contributed by atoms with Crippen LogP contribution in [0.5, 0.6) is 0 Å². The van der Waals surface area contributed by atoms with Gasteiger partial charge in [0.15, 0.2) is 0 Å². The number of carbonyl (C=O) groups is 1. The Labute approximate surface area is 88.4 Å². The van der Waals surface area contributed by atoms with E-state index in [0.717, 1.165) is 25.0 Å². The molecule has 1 aliphatic rings. The standard InChI is InChI=1S/C11H15NO3/c1-14-10(13)9-3-2-8(15-9)6-11(7-12)4-5-11/h2-3H,4-7,12H2,1H3. The fourth-order valence-corrected chi connectivity index (χ4v) is 1.68. The van der Waals surface area contributed by atoms with Crippen molar-refractivity contribution >= 4 is 5.97 Å². The van der Waals surface area contributed by atoms with E-state index in [9.17, 15) is 4.79 Å². The van der Waals surface area contributed by atoms with Crippen LogP contribution < -0.4 is 5.73 Å². The quantitative estimate of drug-likeness (QED) is 0.760. The van der Waals surface area contributed by atoms with Crippen LogP contribution in [0, 0.1) is 5.41 Å². The molecule has 1 saturated carbocycles. The van der Waals surface area contributed by atoms with E-state index >= 15 is 0 Å². The van der Waals surface area contributed by atoms with Crippen LogP contribution >= 0.6 is 0 Å². The third-order valence-corrected chi connectivity index (χ3v) is 2.99. The second kappa shape index (κ2) is 3.70. The summed E-state index contributed by atoms with van der Waals surface area (Å²) < 4.78 is 9.95. The maximum absolute atomic E-state index is 11.1. The molecule has 1 aliphatic carbocycles.